The summed E-state index contributed by atoms with van der Waals surface area (Å²) in [7, 11) is 0. The summed E-state index contributed by atoms with van der Waals surface area (Å²) >= 11 is 3.58. The molecular weight excluding hydrogens is 300 g/mol. The first-order valence-electron chi connectivity index (χ1n) is 7.80. The lowest BCUT2D eigenvalue weighted by Crippen LogP contribution is -2.44. The van der Waals surface area contributed by atoms with Crippen molar-refractivity contribution in [3.05, 3.63) is 22.4 Å². The number of carbonyl (C=O) groups is 1. The van der Waals surface area contributed by atoms with Gasteiger partial charge in [-0.25, -0.2) is 0 Å². The molecule has 1 amide bonds. The van der Waals surface area contributed by atoms with Gasteiger partial charge in [0.1, 0.15) is 6.17 Å². The molecule has 3 rings (SSSR count). The van der Waals surface area contributed by atoms with E-state index in [1.54, 1.807) is 11.3 Å². The van der Waals surface area contributed by atoms with E-state index in [-0.39, 0.29) is 11.7 Å². The van der Waals surface area contributed by atoms with E-state index in [0.717, 1.165) is 25.8 Å². The Bertz CT molecular complexity index is 482. The van der Waals surface area contributed by atoms with Crippen molar-refractivity contribution in [2.45, 2.75) is 56.0 Å². The van der Waals surface area contributed by atoms with Crippen LogP contribution in [0.5, 0.6) is 0 Å². The van der Waals surface area contributed by atoms with Gasteiger partial charge in [-0.05, 0) is 47.9 Å². The summed E-state index contributed by atoms with van der Waals surface area (Å²) in [4.78, 5) is 15.1. The van der Waals surface area contributed by atoms with E-state index < -0.39 is 0 Å². The maximum absolute atomic E-state index is 13.0. The van der Waals surface area contributed by atoms with E-state index in [1.807, 2.05) is 11.8 Å². The van der Waals surface area contributed by atoms with Crippen LogP contribution in [-0.2, 0) is 4.79 Å². The Hall–Kier alpha value is -0.520. The highest BCUT2D eigenvalue weighted by molar-refractivity contribution is 7.99. The highest BCUT2D eigenvalue weighted by Crippen LogP contribution is 2.41. The van der Waals surface area contributed by atoms with Crippen LogP contribution in [-0.4, -0.2) is 34.4 Å². The molecule has 1 aliphatic carbocycles. The molecule has 1 aliphatic heterocycles. The van der Waals surface area contributed by atoms with Gasteiger partial charge in [0, 0.05) is 11.8 Å². The van der Waals surface area contributed by atoms with Crippen LogP contribution in [0, 0.1) is 0 Å². The molecule has 3 nitrogen and oxygen atoms in total. The van der Waals surface area contributed by atoms with Crippen molar-refractivity contribution in [2.24, 2.45) is 0 Å². The molecule has 0 bridgehead atoms. The van der Waals surface area contributed by atoms with Crippen molar-refractivity contribution in [1.29, 1.82) is 0 Å². The third-order valence-corrected chi connectivity index (χ3v) is 6.63. The topological polar surface area (TPSA) is 32.3 Å². The van der Waals surface area contributed by atoms with Gasteiger partial charge in [-0.1, -0.05) is 19.8 Å². The number of thioether (sulfide) groups is 1. The fourth-order valence-electron chi connectivity index (χ4n) is 3.49. The smallest absolute Gasteiger partial charge is 0.244 e. The lowest BCUT2D eigenvalue weighted by Gasteiger charge is -2.24. The molecule has 5 heteroatoms. The van der Waals surface area contributed by atoms with E-state index in [0.29, 0.717) is 11.2 Å². The second kappa shape index (κ2) is 6.31. The Morgan fingerprint density at radius 2 is 2.29 bits per heavy atom. The maximum atomic E-state index is 13.0. The second-order valence-corrected chi connectivity index (χ2v) is 8.28. The lowest BCUT2D eigenvalue weighted by molar-refractivity contribution is -0.133. The van der Waals surface area contributed by atoms with Crippen molar-refractivity contribution >= 4 is 29.0 Å². The summed E-state index contributed by atoms with van der Waals surface area (Å²) in [5.41, 5.74) is 0.976. The highest BCUT2D eigenvalue weighted by atomic mass is 32.2. The average molecular weight is 325 g/mol. The third-order valence-electron chi connectivity index (χ3n) is 4.89. The number of nitrogens with one attached hydrogen (secondary N) is 1. The summed E-state index contributed by atoms with van der Waals surface area (Å²) in [5, 5.41) is 8.56. The van der Waals surface area contributed by atoms with Crippen LogP contribution in [0.25, 0.3) is 0 Å². The molecule has 1 N–H and O–H groups in total. The maximum Gasteiger partial charge on any atom is 0.244 e. The van der Waals surface area contributed by atoms with Gasteiger partial charge in [0.15, 0.2) is 0 Å². The lowest BCUT2D eigenvalue weighted by atomic mass is 9.98. The second-order valence-electron chi connectivity index (χ2n) is 6.23. The van der Waals surface area contributed by atoms with Crippen LogP contribution in [0.4, 0.5) is 0 Å². The summed E-state index contributed by atoms with van der Waals surface area (Å²) in [6.07, 6.45) is 7.63. The van der Waals surface area contributed by atoms with Crippen molar-refractivity contribution in [2.75, 3.05) is 12.8 Å². The van der Waals surface area contributed by atoms with Crippen LogP contribution in [0.2, 0.25) is 0 Å². The molecule has 2 heterocycles. The molecule has 2 unspecified atom stereocenters. The van der Waals surface area contributed by atoms with Gasteiger partial charge in [0.2, 0.25) is 5.91 Å². The quantitative estimate of drug-likeness (QED) is 0.897. The Morgan fingerprint density at radius 1 is 1.52 bits per heavy atom. The van der Waals surface area contributed by atoms with E-state index in [4.69, 9.17) is 0 Å². The summed E-state index contributed by atoms with van der Waals surface area (Å²) in [6, 6.07) is 2.15. The van der Waals surface area contributed by atoms with Gasteiger partial charge in [0.05, 0.1) is 5.54 Å². The standard InChI is InChI=1S/C16H24N2OS2/c1-12(20-2)5-9-18-14(13-6-10-21-11-13)17-16(15(18)19)7-3-4-8-16/h6,10-12,14,17H,3-5,7-9H2,1-2H3. The van der Waals surface area contributed by atoms with E-state index in [9.17, 15) is 4.79 Å². The summed E-state index contributed by atoms with van der Waals surface area (Å²) < 4.78 is 0. The highest BCUT2D eigenvalue weighted by Gasteiger charge is 2.52. The fourth-order valence-corrected chi connectivity index (χ4v) is 4.51. The zero-order valence-corrected chi connectivity index (χ0v) is 14.4. The predicted molar refractivity (Wildman–Crippen MR) is 90.7 cm³/mol. The molecule has 116 valence electrons. The molecule has 21 heavy (non-hydrogen) atoms. The zero-order valence-electron chi connectivity index (χ0n) is 12.8. The number of thiophene rings is 1. The molecule has 2 fully saturated rings. The largest absolute Gasteiger partial charge is 0.321 e. The van der Waals surface area contributed by atoms with Crippen LogP contribution < -0.4 is 5.32 Å². The Balaban J connectivity index is 1.80. The van der Waals surface area contributed by atoms with Crippen LogP contribution in [0.15, 0.2) is 16.8 Å². The van der Waals surface area contributed by atoms with E-state index >= 15 is 0 Å². The number of hydrogen-bond donors (Lipinski definition) is 1. The van der Waals surface area contributed by atoms with Gasteiger partial charge in [-0.15, -0.1) is 0 Å². The summed E-state index contributed by atoms with van der Waals surface area (Å²) in [6.45, 7) is 3.10. The minimum absolute atomic E-state index is 0.0795. The van der Waals surface area contributed by atoms with Gasteiger partial charge in [-0.3, -0.25) is 10.1 Å². The number of hydrogen-bond acceptors (Lipinski definition) is 4. The molecule has 0 radical (unpaired) electrons. The Kier molecular flexibility index (Phi) is 4.62. The molecule has 0 aromatic carbocycles. The first-order valence-corrected chi connectivity index (χ1v) is 10.0. The molecular formula is C16H24N2OS2. The average Bonchev–Trinajstić information content (AvgIpc) is 3.21. The van der Waals surface area contributed by atoms with Crippen molar-refractivity contribution < 1.29 is 4.79 Å². The van der Waals surface area contributed by atoms with Gasteiger partial charge < -0.3 is 4.90 Å². The molecule has 1 aromatic rings. The normalized spacial score (nSPS) is 25.9. The monoisotopic (exact) mass is 324 g/mol. The summed E-state index contributed by atoms with van der Waals surface area (Å²) in [5.74, 6) is 0.338. The molecule has 1 spiro atoms. The van der Waals surface area contributed by atoms with Crippen molar-refractivity contribution in [3.63, 3.8) is 0 Å². The predicted octanol–water partition coefficient (Wildman–Crippen LogP) is 3.63. The van der Waals surface area contributed by atoms with E-state index in [1.165, 1.54) is 18.4 Å². The molecule has 2 atom stereocenters. The molecule has 1 saturated carbocycles. The third kappa shape index (κ3) is 2.88. The number of carbonyl (C=O) groups excluding carboxylic acids is 1. The molecule has 1 saturated heterocycles. The van der Waals surface area contributed by atoms with Crippen molar-refractivity contribution in [3.8, 4) is 0 Å². The fraction of sp³-hybridized carbons (Fsp3) is 0.688. The van der Waals surface area contributed by atoms with Crippen LogP contribution in [0.1, 0.15) is 50.8 Å². The van der Waals surface area contributed by atoms with Crippen molar-refractivity contribution in [1.82, 2.24) is 10.2 Å². The minimum atomic E-state index is -0.269. The van der Waals surface area contributed by atoms with Gasteiger partial charge in [0.25, 0.3) is 0 Å². The first-order chi connectivity index (χ1) is 10.2. The first kappa shape index (κ1) is 15.4. The molecule has 1 aromatic heterocycles. The number of nitrogens with zero attached hydrogens (tertiary/aromatic N) is 1. The molecule has 2 aliphatic rings. The van der Waals surface area contributed by atoms with E-state index in [2.05, 4.69) is 40.2 Å². The minimum Gasteiger partial charge on any atom is -0.321 e. The SMILES string of the molecule is CSC(C)CCN1C(=O)C2(CCCC2)NC1c1ccsc1. The number of rotatable bonds is 5. The Morgan fingerprint density at radius 3 is 2.90 bits per heavy atom. The van der Waals surface area contributed by atoms with Gasteiger partial charge >= 0.3 is 0 Å². The van der Waals surface area contributed by atoms with Crippen LogP contribution >= 0.6 is 23.1 Å². The van der Waals surface area contributed by atoms with Gasteiger partial charge in [-0.2, -0.15) is 23.1 Å². The Labute approximate surface area is 135 Å². The zero-order chi connectivity index (χ0) is 14.9. The number of amides is 1. The van der Waals surface area contributed by atoms with Crippen LogP contribution in [0.3, 0.4) is 0 Å².